The second-order valence-corrected chi connectivity index (χ2v) is 4.10. The number of hydrogen-bond donors (Lipinski definition) is 2. The largest absolute Gasteiger partial charge is 0.508 e. The lowest BCUT2D eigenvalue weighted by molar-refractivity contribution is 0.476. The summed E-state index contributed by atoms with van der Waals surface area (Å²) in [5, 5.41) is 9.69. The van der Waals surface area contributed by atoms with Crippen LogP contribution in [-0.2, 0) is 0 Å². The van der Waals surface area contributed by atoms with Crippen molar-refractivity contribution in [2.45, 2.75) is 34.6 Å². The van der Waals surface area contributed by atoms with Crippen molar-refractivity contribution in [3.05, 3.63) is 64.5 Å². The van der Waals surface area contributed by atoms with Crippen molar-refractivity contribution in [2.75, 3.05) is 0 Å². The number of aromatic nitrogens is 1. The highest BCUT2D eigenvalue weighted by molar-refractivity contribution is 5.79. The minimum atomic E-state index is -0.0382. The second-order valence-electron chi connectivity index (χ2n) is 4.10. The van der Waals surface area contributed by atoms with E-state index in [1.54, 1.807) is 12.3 Å². The third-order valence-electron chi connectivity index (χ3n) is 2.63. The van der Waals surface area contributed by atoms with E-state index in [9.17, 15) is 4.79 Å². The summed E-state index contributed by atoms with van der Waals surface area (Å²) in [6, 6.07) is 6.08. The average Bonchev–Trinajstić information content (AvgIpc) is 2.50. The van der Waals surface area contributed by atoms with Gasteiger partial charge >= 0.3 is 0 Å². The highest BCUT2D eigenvalue weighted by Gasteiger charge is 1.96. The van der Waals surface area contributed by atoms with Crippen LogP contribution >= 0.6 is 0 Å². The average molecular weight is 287 g/mol. The van der Waals surface area contributed by atoms with Crippen molar-refractivity contribution in [3.63, 3.8) is 0 Å². The molecule has 0 saturated heterocycles. The molecule has 0 aliphatic carbocycles. The first kappa shape index (κ1) is 18.7. The summed E-state index contributed by atoms with van der Waals surface area (Å²) in [6.07, 6.45) is 7.76. The van der Waals surface area contributed by atoms with Crippen LogP contribution in [0.2, 0.25) is 0 Å². The normalized spacial score (nSPS) is 10.6. The van der Waals surface area contributed by atoms with Gasteiger partial charge in [0.1, 0.15) is 5.75 Å². The van der Waals surface area contributed by atoms with Crippen LogP contribution in [0.5, 0.6) is 5.75 Å². The molecule has 0 saturated carbocycles. The summed E-state index contributed by atoms with van der Waals surface area (Å²) >= 11 is 0. The second kappa shape index (κ2) is 10.5. The van der Waals surface area contributed by atoms with Gasteiger partial charge in [0.25, 0.3) is 0 Å². The Kier molecular flexibility index (Phi) is 9.35. The zero-order chi connectivity index (χ0) is 16.3. The number of rotatable bonds is 1. The first-order valence-electron chi connectivity index (χ1n) is 7.14. The van der Waals surface area contributed by atoms with Crippen LogP contribution in [0.3, 0.4) is 0 Å². The lowest BCUT2D eigenvalue weighted by Gasteiger charge is -1.96. The van der Waals surface area contributed by atoms with E-state index in [0.29, 0.717) is 10.9 Å². The molecular weight excluding hydrogens is 262 g/mol. The van der Waals surface area contributed by atoms with Crippen LogP contribution in [-0.4, -0.2) is 10.1 Å². The third-order valence-corrected chi connectivity index (χ3v) is 2.63. The van der Waals surface area contributed by atoms with Gasteiger partial charge in [-0.1, -0.05) is 37.6 Å². The van der Waals surface area contributed by atoms with Crippen LogP contribution in [0.25, 0.3) is 10.9 Å². The molecule has 0 spiro atoms. The SMILES string of the molecule is C/C=C\C(C)=C/C.CC.O=c1cc[nH]c2cc(O)ccc12. The van der Waals surface area contributed by atoms with E-state index < -0.39 is 0 Å². The Morgan fingerprint density at radius 1 is 1.19 bits per heavy atom. The first-order valence-corrected chi connectivity index (χ1v) is 7.14. The van der Waals surface area contributed by atoms with Crippen molar-refractivity contribution in [2.24, 2.45) is 0 Å². The van der Waals surface area contributed by atoms with Gasteiger partial charge in [0.15, 0.2) is 5.43 Å². The van der Waals surface area contributed by atoms with Crippen molar-refractivity contribution in [1.29, 1.82) is 0 Å². The predicted octanol–water partition coefficient (Wildman–Crippen LogP) is 4.79. The van der Waals surface area contributed by atoms with E-state index in [2.05, 4.69) is 24.1 Å². The van der Waals surface area contributed by atoms with Crippen LogP contribution in [0.1, 0.15) is 34.6 Å². The zero-order valence-electron chi connectivity index (χ0n) is 13.5. The van der Waals surface area contributed by atoms with Crippen LogP contribution in [0.4, 0.5) is 0 Å². The molecule has 1 aromatic carbocycles. The predicted molar refractivity (Wildman–Crippen MR) is 91.8 cm³/mol. The van der Waals surface area contributed by atoms with E-state index in [-0.39, 0.29) is 11.2 Å². The molecular formula is C18H25NO2. The highest BCUT2D eigenvalue weighted by atomic mass is 16.3. The number of phenols is 1. The van der Waals surface area contributed by atoms with Crippen LogP contribution < -0.4 is 5.43 Å². The molecule has 21 heavy (non-hydrogen) atoms. The maximum atomic E-state index is 11.2. The number of allylic oxidation sites excluding steroid dienone is 4. The number of aromatic amines is 1. The monoisotopic (exact) mass is 287 g/mol. The highest BCUT2D eigenvalue weighted by Crippen LogP contribution is 2.13. The summed E-state index contributed by atoms with van der Waals surface area (Å²) in [7, 11) is 0. The van der Waals surface area contributed by atoms with Gasteiger partial charge in [-0.25, -0.2) is 0 Å². The molecule has 1 heterocycles. The van der Waals surface area contributed by atoms with Gasteiger partial charge < -0.3 is 10.1 Å². The fourth-order valence-corrected chi connectivity index (χ4v) is 1.52. The molecule has 2 aromatic rings. The molecule has 0 radical (unpaired) electrons. The molecule has 3 nitrogen and oxygen atoms in total. The Hall–Kier alpha value is -2.29. The maximum Gasteiger partial charge on any atom is 0.189 e. The molecule has 0 bridgehead atoms. The van der Waals surface area contributed by atoms with Crippen LogP contribution in [0, 0.1) is 0 Å². The Bertz CT molecular complexity index is 652. The minimum absolute atomic E-state index is 0.0382. The van der Waals surface area contributed by atoms with Gasteiger partial charge in [-0.2, -0.15) is 0 Å². The van der Waals surface area contributed by atoms with Gasteiger partial charge in [-0.05, 0) is 32.9 Å². The molecule has 0 unspecified atom stereocenters. The summed E-state index contributed by atoms with van der Waals surface area (Å²) in [5.41, 5.74) is 1.94. The van der Waals surface area contributed by atoms with E-state index in [1.165, 1.54) is 23.8 Å². The molecule has 1 aromatic heterocycles. The standard InChI is InChI=1S/C9H7NO2.C7H12.C2H6/c11-6-1-2-7-8(5-6)10-4-3-9(7)12;1-4-6-7(3)5-2;1-2/h1-5,11H,(H,10,12);4-6H,1-3H3;1-2H3/b;6-4-,7-5-;. The molecule has 0 amide bonds. The van der Waals surface area contributed by atoms with Gasteiger partial charge in [-0.3, -0.25) is 4.79 Å². The molecule has 0 atom stereocenters. The topological polar surface area (TPSA) is 53.1 Å². The number of H-pyrrole nitrogens is 1. The van der Waals surface area contributed by atoms with Gasteiger partial charge in [0.05, 0.1) is 5.52 Å². The smallest absolute Gasteiger partial charge is 0.189 e. The number of phenolic OH excluding ortho intramolecular Hbond substituents is 1. The zero-order valence-corrected chi connectivity index (χ0v) is 13.5. The third kappa shape index (κ3) is 6.61. The van der Waals surface area contributed by atoms with Crippen molar-refractivity contribution in [1.82, 2.24) is 4.98 Å². The molecule has 3 heteroatoms. The summed E-state index contributed by atoms with van der Waals surface area (Å²) in [6.45, 7) is 10.1. The summed E-state index contributed by atoms with van der Waals surface area (Å²) in [4.78, 5) is 14.1. The summed E-state index contributed by atoms with van der Waals surface area (Å²) in [5.74, 6) is 0.157. The molecule has 2 N–H and O–H groups in total. The van der Waals surface area contributed by atoms with E-state index in [1.807, 2.05) is 33.8 Å². The van der Waals surface area contributed by atoms with Crippen molar-refractivity contribution in [3.8, 4) is 5.75 Å². The Morgan fingerprint density at radius 2 is 1.86 bits per heavy atom. The van der Waals surface area contributed by atoms with E-state index in [4.69, 9.17) is 5.11 Å². The quantitative estimate of drug-likeness (QED) is 0.741. The fourth-order valence-electron chi connectivity index (χ4n) is 1.52. The van der Waals surface area contributed by atoms with Gasteiger partial charge in [-0.15, -0.1) is 0 Å². The molecule has 0 aliphatic heterocycles. The molecule has 114 valence electrons. The van der Waals surface area contributed by atoms with Gasteiger partial charge in [0, 0.05) is 23.7 Å². The Morgan fingerprint density at radius 3 is 2.38 bits per heavy atom. The Balaban J connectivity index is 0.000000385. The lowest BCUT2D eigenvalue weighted by Crippen LogP contribution is -1.98. The Labute approximate surface area is 126 Å². The first-order chi connectivity index (χ1) is 10.1. The van der Waals surface area contributed by atoms with Crippen molar-refractivity contribution >= 4 is 10.9 Å². The molecule has 0 aliphatic rings. The van der Waals surface area contributed by atoms with E-state index in [0.717, 1.165) is 0 Å². The number of nitrogens with one attached hydrogen (secondary N) is 1. The lowest BCUT2D eigenvalue weighted by atomic mass is 10.2. The number of hydrogen-bond acceptors (Lipinski definition) is 2. The minimum Gasteiger partial charge on any atom is -0.508 e. The fraction of sp³-hybridized carbons (Fsp3) is 0.278. The molecule has 0 fully saturated rings. The van der Waals surface area contributed by atoms with Crippen molar-refractivity contribution < 1.29 is 5.11 Å². The van der Waals surface area contributed by atoms with Crippen LogP contribution in [0.15, 0.2) is 59.1 Å². The van der Waals surface area contributed by atoms with E-state index >= 15 is 0 Å². The number of pyridine rings is 1. The number of fused-ring (bicyclic) bond motifs is 1. The molecule has 2 rings (SSSR count). The number of benzene rings is 1. The van der Waals surface area contributed by atoms with Gasteiger partial charge in [0.2, 0.25) is 0 Å². The number of aromatic hydroxyl groups is 1. The maximum absolute atomic E-state index is 11.2. The summed E-state index contributed by atoms with van der Waals surface area (Å²) < 4.78 is 0.